The van der Waals surface area contributed by atoms with Gasteiger partial charge in [0.25, 0.3) is 0 Å². The molecule has 1 aromatic rings. The lowest BCUT2D eigenvalue weighted by Crippen LogP contribution is -2.33. The third-order valence-corrected chi connectivity index (χ3v) is 4.09. The second kappa shape index (κ2) is 4.58. The van der Waals surface area contributed by atoms with E-state index in [1.165, 1.54) is 42.6 Å². The molecule has 1 aliphatic rings. The van der Waals surface area contributed by atoms with Crippen molar-refractivity contribution < 1.29 is 0 Å². The summed E-state index contributed by atoms with van der Waals surface area (Å²) in [7, 11) is 2.07. The molecular weight excluding hydrogens is 198 g/mol. The molecule has 1 fully saturated rings. The lowest BCUT2D eigenvalue weighted by atomic mass is 9.91. The molecule has 0 amide bonds. The fourth-order valence-corrected chi connectivity index (χ4v) is 2.75. The Balaban J connectivity index is 2.20. The van der Waals surface area contributed by atoms with Gasteiger partial charge in [-0.05, 0) is 59.1 Å². The molecule has 0 spiro atoms. The normalized spacial score (nSPS) is 26.0. The van der Waals surface area contributed by atoms with Crippen LogP contribution in [0.1, 0.15) is 48.7 Å². The van der Waals surface area contributed by atoms with Crippen LogP contribution < -0.4 is 5.32 Å². The van der Waals surface area contributed by atoms with Crippen LogP contribution >= 0.6 is 0 Å². The minimum absolute atomic E-state index is 0.596. The van der Waals surface area contributed by atoms with E-state index in [1.807, 2.05) is 0 Å². The molecule has 16 heavy (non-hydrogen) atoms. The molecule has 1 saturated carbocycles. The first kappa shape index (κ1) is 11.6. The predicted octanol–water partition coefficient (Wildman–Crippen LogP) is 2.51. The van der Waals surface area contributed by atoms with Gasteiger partial charge in [0.1, 0.15) is 0 Å². The lowest BCUT2D eigenvalue weighted by molar-refractivity contribution is 0.274. The highest BCUT2D eigenvalue weighted by Gasteiger charge is 2.24. The Hall–Kier alpha value is -0.830. The van der Waals surface area contributed by atoms with Crippen LogP contribution in [0.3, 0.4) is 0 Å². The van der Waals surface area contributed by atoms with Crippen LogP contribution in [0.4, 0.5) is 0 Å². The van der Waals surface area contributed by atoms with Crippen LogP contribution in [-0.2, 0) is 0 Å². The average Bonchev–Trinajstić information content (AvgIpc) is 2.57. The molecule has 0 aromatic carbocycles. The predicted molar refractivity (Wildman–Crippen MR) is 66.8 cm³/mol. The van der Waals surface area contributed by atoms with Crippen LogP contribution in [0.15, 0.2) is 0 Å². The molecule has 1 N–H and O–H groups in total. The number of aromatic nitrogens is 2. The molecule has 2 rings (SSSR count). The summed E-state index contributed by atoms with van der Waals surface area (Å²) in [6.45, 7) is 6.47. The summed E-state index contributed by atoms with van der Waals surface area (Å²) in [4.78, 5) is 0. The molecule has 0 aliphatic heterocycles. The standard InChI is InChI=1S/C13H23N3/c1-9-10(2)15-16(11(9)3)13-7-5-6-12(8-13)14-4/h12-14H,5-8H2,1-4H3. The molecule has 1 heterocycles. The molecule has 2 unspecified atom stereocenters. The quantitative estimate of drug-likeness (QED) is 0.831. The average molecular weight is 221 g/mol. The Morgan fingerprint density at radius 2 is 2.00 bits per heavy atom. The van der Waals surface area contributed by atoms with Crippen molar-refractivity contribution in [2.75, 3.05) is 7.05 Å². The van der Waals surface area contributed by atoms with Gasteiger partial charge in [-0.2, -0.15) is 5.10 Å². The van der Waals surface area contributed by atoms with E-state index in [2.05, 4.69) is 37.8 Å². The molecule has 0 bridgehead atoms. The summed E-state index contributed by atoms with van der Waals surface area (Å²) in [5.74, 6) is 0. The van der Waals surface area contributed by atoms with Crippen molar-refractivity contribution in [2.45, 2.75) is 58.5 Å². The topological polar surface area (TPSA) is 29.9 Å². The van der Waals surface area contributed by atoms with E-state index in [0.29, 0.717) is 12.1 Å². The first-order valence-corrected chi connectivity index (χ1v) is 6.33. The highest BCUT2D eigenvalue weighted by Crippen LogP contribution is 2.30. The Kier molecular flexibility index (Phi) is 3.33. The number of hydrogen-bond acceptors (Lipinski definition) is 2. The molecule has 1 aliphatic carbocycles. The molecule has 0 saturated heterocycles. The third-order valence-electron chi connectivity index (χ3n) is 4.09. The summed E-state index contributed by atoms with van der Waals surface area (Å²) in [5, 5.41) is 8.09. The van der Waals surface area contributed by atoms with E-state index in [-0.39, 0.29) is 0 Å². The van der Waals surface area contributed by atoms with E-state index in [9.17, 15) is 0 Å². The minimum Gasteiger partial charge on any atom is -0.317 e. The van der Waals surface area contributed by atoms with E-state index in [4.69, 9.17) is 5.10 Å². The number of hydrogen-bond donors (Lipinski definition) is 1. The summed E-state index contributed by atoms with van der Waals surface area (Å²) in [6, 6.07) is 1.27. The van der Waals surface area contributed by atoms with Crippen LogP contribution in [0.25, 0.3) is 0 Å². The summed E-state index contributed by atoms with van der Waals surface area (Å²) >= 11 is 0. The molecule has 90 valence electrons. The van der Waals surface area contributed by atoms with E-state index >= 15 is 0 Å². The van der Waals surface area contributed by atoms with Crippen molar-refractivity contribution in [3.8, 4) is 0 Å². The number of nitrogens with one attached hydrogen (secondary N) is 1. The molecule has 3 nitrogen and oxygen atoms in total. The molecule has 0 radical (unpaired) electrons. The van der Waals surface area contributed by atoms with Gasteiger partial charge < -0.3 is 5.32 Å². The smallest absolute Gasteiger partial charge is 0.0625 e. The first-order chi connectivity index (χ1) is 7.63. The minimum atomic E-state index is 0.596. The zero-order chi connectivity index (χ0) is 11.7. The highest BCUT2D eigenvalue weighted by molar-refractivity contribution is 5.22. The van der Waals surface area contributed by atoms with Crippen LogP contribution in [0, 0.1) is 20.8 Å². The maximum Gasteiger partial charge on any atom is 0.0625 e. The van der Waals surface area contributed by atoms with Crippen molar-refractivity contribution >= 4 is 0 Å². The fourth-order valence-electron chi connectivity index (χ4n) is 2.75. The second-order valence-electron chi connectivity index (χ2n) is 5.05. The largest absolute Gasteiger partial charge is 0.317 e. The van der Waals surface area contributed by atoms with Crippen molar-refractivity contribution in [3.63, 3.8) is 0 Å². The Morgan fingerprint density at radius 3 is 2.56 bits per heavy atom. The lowest BCUT2D eigenvalue weighted by Gasteiger charge is -2.29. The van der Waals surface area contributed by atoms with Crippen LogP contribution in [0.5, 0.6) is 0 Å². The van der Waals surface area contributed by atoms with Gasteiger partial charge in [0.05, 0.1) is 11.7 Å². The van der Waals surface area contributed by atoms with Gasteiger partial charge in [0.15, 0.2) is 0 Å². The maximum absolute atomic E-state index is 4.69. The first-order valence-electron chi connectivity index (χ1n) is 6.33. The van der Waals surface area contributed by atoms with Crippen LogP contribution in [-0.4, -0.2) is 22.9 Å². The molecule has 3 heteroatoms. The van der Waals surface area contributed by atoms with Crippen molar-refractivity contribution in [3.05, 3.63) is 17.0 Å². The van der Waals surface area contributed by atoms with Gasteiger partial charge in [0, 0.05) is 11.7 Å². The monoisotopic (exact) mass is 221 g/mol. The van der Waals surface area contributed by atoms with Gasteiger partial charge in [-0.25, -0.2) is 0 Å². The summed E-state index contributed by atoms with van der Waals surface area (Å²) in [5.41, 5.74) is 3.88. The zero-order valence-electron chi connectivity index (χ0n) is 10.9. The summed E-state index contributed by atoms with van der Waals surface area (Å²) < 4.78 is 2.26. The molecular formula is C13H23N3. The number of nitrogens with zero attached hydrogens (tertiary/aromatic N) is 2. The maximum atomic E-state index is 4.69. The summed E-state index contributed by atoms with van der Waals surface area (Å²) in [6.07, 6.45) is 5.12. The number of rotatable bonds is 2. The zero-order valence-corrected chi connectivity index (χ0v) is 10.9. The Bertz CT molecular complexity index is 367. The van der Waals surface area contributed by atoms with Crippen molar-refractivity contribution in [1.82, 2.24) is 15.1 Å². The SMILES string of the molecule is CNC1CCCC(n2nc(C)c(C)c2C)C1. The van der Waals surface area contributed by atoms with E-state index < -0.39 is 0 Å². The van der Waals surface area contributed by atoms with Gasteiger partial charge in [0.2, 0.25) is 0 Å². The Morgan fingerprint density at radius 1 is 1.25 bits per heavy atom. The van der Waals surface area contributed by atoms with Crippen molar-refractivity contribution in [1.29, 1.82) is 0 Å². The number of aryl methyl sites for hydroxylation is 1. The highest BCUT2D eigenvalue weighted by atomic mass is 15.3. The van der Waals surface area contributed by atoms with Crippen LogP contribution in [0.2, 0.25) is 0 Å². The third kappa shape index (κ3) is 2.01. The fraction of sp³-hybridized carbons (Fsp3) is 0.769. The van der Waals surface area contributed by atoms with E-state index in [0.717, 1.165) is 0 Å². The van der Waals surface area contributed by atoms with Crippen molar-refractivity contribution in [2.24, 2.45) is 0 Å². The molecule has 2 atom stereocenters. The second-order valence-corrected chi connectivity index (χ2v) is 5.05. The van der Waals surface area contributed by atoms with Gasteiger partial charge >= 0.3 is 0 Å². The van der Waals surface area contributed by atoms with Gasteiger partial charge in [-0.1, -0.05) is 0 Å². The van der Waals surface area contributed by atoms with Gasteiger partial charge in [-0.15, -0.1) is 0 Å². The van der Waals surface area contributed by atoms with Gasteiger partial charge in [-0.3, -0.25) is 4.68 Å². The molecule has 1 aromatic heterocycles. The Labute approximate surface area is 98.2 Å². The van der Waals surface area contributed by atoms with E-state index in [1.54, 1.807) is 0 Å².